The van der Waals surface area contributed by atoms with E-state index in [1.165, 1.54) is 159 Å². The second-order valence-corrected chi connectivity index (χ2v) is 22.9. The minimum Gasteiger partial charge on any atom is -0.375 e. The zero-order valence-corrected chi connectivity index (χ0v) is 40.6. The third-order valence-corrected chi connectivity index (χ3v) is 17.1. The Kier molecular flexibility index (Phi) is 6.81. The van der Waals surface area contributed by atoms with Crippen molar-refractivity contribution in [1.82, 2.24) is 13.3 Å². The number of nitrogens with zero attached hydrogens (tertiary/aromatic N) is 4. The fourth-order valence-corrected chi connectivity index (χ4v) is 13.9. The summed E-state index contributed by atoms with van der Waals surface area (Å²) >= 11 is 0. The molecule has 7 heterocycles. The van der Waals surface area contributed by atoms with E-state index in [4.69, 9.17) is 0 Å². The molecule has 71 heavy (non-hydrogen) atoms. The first-order chi connectivity index (χ1) is 34.5. The second-order valence-electron chi connectivity index (χ2n) is 22.9. The van der Waals surface area contributed by atoms with Crippen LogP contribution in [0.5, 0.6) is 0 Å². The molecule has 2 aliphatic heterocycles. The van der Waals surface area contributed by atoms with E-state index in [0.29, 0.717) is 0 Å². The molecule has 0 unspecified atom stereocenters. The van der Waals surface area contributed by atoms with Crippen LogP contribution in [0.1, 0.15) is 52.7 Å². The quantitative estimate of drug-likeness (QED) is 0.150. The Morgan fingerprint density at radius 2 is 0.915 bits per heavy atom. The van der Waals surface area contributed by atoms with Gasteiger partial charge in [-0.3, -0.25) is 0 Å². The van der Waals surface area contributed by atoms with Crippen LogP contribution in [0.4, 0.5) is 17.1 Å². The largest absolute Gasteiger partial charge is 0.375 e. The second kappa shape index (κ2) is 12.5. The van der Waals surface area contributed by atoms with Gasteiger partial charge in [0.25, 0.3) is 0 Å². The third-order valence-electron chi connectivity index (χ3n) is 17.1. The predicted octanol–water partition coefficient (Wildman–Crippen LogP) is 16.3. The summed E-state index contributed by atoms with van der Waals surface area (Å²) < 4.78 is 7.83. The van der Waals surface area contributed by atoms with Gasteiger partial charge in [-0.05, 0) is 122 Å². The minimum absolute atomic E-state index is 0.00502. The molecule has 0 radical (unpaired) electrons. The van der Waals surface area contributed by atoms with E-state index in [1.54, 1.807) is 0 Å². The molecule has 17 rings (SSSR count). The van der Waals surface area contributed by atoms with Gasteiger partial charge in [0, 0.05) is 87.5 Å². The first kappa shape index (κ1) is 38.6. The number of anilines is 3. The normalized spacial score (nSPS) is 14.0. The highest BCUT2D eigenvalue weighted by Crippen LogP contribution is 2.52. The Hall–Kier alpha value is -8.28. The molecule has 0 saturated carbocycles. The van der Waals surface area contributed by atoms with Crippen LogP contribution < -0.4 is 15.8 Å². The monoisotopic (exact) mass is 906 g/mol. The van der Waals surface area contributed by atoms with Gasteiger partial charge >= 0.3 is 6.85 Å². The van der Waals surface area contributed by atoms with E-state index in [0.717, 1.165) is 0 Å². The van der Waals surface area contributed by atoms with Crippen LogP contribution in [0.25, 0.3) is 120 Å². The first-order valence-corrected chi connectivity index (χ1v) is 25.4. The van der Waals surface area contributed by atoms with Crippen LogP contribution in [0, 0.1) is 0 Å². The van der Waals surface area contributed by atoms with Gasteiger partial charge in [0.15, 0.2) is 0 Å². The van der Waals surface area contributed by atoms with Crippen molar-refractivity contribution in [1.29, 1.82) is 0 Å². The fraction of sp³-hybridized carbons (Fsp3) is 0.121. The Morgan fingerprint density at radius 3 is 1.61 bits per heavy atom. The van der Waals surface area contributed by atoms with Gasteiger partial charge in [-0.2, -0.15) is 0 Å². The van der Waals surface area contributed by atoms with Crippen molar-refractivity contribution in [3.05, 3.63) is 187 Å². The van der Waals surface area contributed by atoms with Gasteiger partial charge in [0.05, 0.1) is 33.1 Å². The maximum Gasteiger partial charge on any atom is 0.333 e. The molecule has 4 nitrogen and oxygen atoms in total. The topological polar surface area (TPSA) is 17.0 Å². The van der Waals surface area contributed by atoms with Gasteiger partial charge in [-0.25, -0.2) is 0 Å². The number of fused-ring (bicyclic) bond motifs is 21. The first-order valence-electron chi connectivity index (χ1n) is 25.4. The zero-order chi connectivity index (χ0) is 47.1. The summed E-state index contributed by atoms with van der Waals surface area (Å²) in [7, 11) is 0. The van der Waals surface area contributed by atoms with Crippen LogP contribution in [-0.2, 0) is 10.8 Å². The molecular formula is C66H47BN4. The molecule has 2 aliphatic rings. The summed E-state index contributed by atoms with van der Waals surface area (Å²) in [6.45, 7) is 14.0. The lowest BCUT2D eigenvalue weighted by atomic mass is 9.44. The maximum absolute atomic E-state index is 2.76. The van der Waals surface area contributed by atoms with Gasteiger partial charge < -0.3 is 18.2 Å². The number of aromatic nitrogens is 3. The van der Waals surface area contributed by atoms with Crippen LogP contribution in [0.2, 0.25) is 0 Å². The summed E-state index contributed by atoms with van der Waals surface area (Å²) in [6.07, 6.45) is 0. The Balaban J connectivity index is 1.07. The molecule has 0 N–H and O–H groups in total. The summed E-state index contributed by atoms with van der Waals surface area (Å²) in [5, 5.41) is 15.6. The molecule has 5 heteroatoms. The zero-order valence-electron chi connectivity index (χ0n) is 40.6. The van der Waals surface area contributed by atoms with Crippen LogP contribution in [0.3, 0.4) is 0 Å². The Bertz CT molecular complexity index is 4910. The van der Waals surface area contributed by atoms with Crippen molar-refractivity contribution in [2.75, 3.05) is 4.90 Å². The highest BCUT2D eigenvalue weighted by atomic mass is 15.2. The summed E-state index contributed by atoms with van der Waals surface area (Å²) in [5.74, 6) is 0. The molecule has 334 valence electrons. The molecule has 0 bridgehead atoms. The maximum atomic E-state index is 2.76. The molecule has 0 saturated heterocycles. The Labute approximate surface area is 410 Å². The number of rotatable bonds is 1. The van der Waals surface area contributed by atoms with E-state index in [-0.39, 0.29) is 17.7 Å². The number of benzene rings is 10. The van der Waals surface area contributed by atoms with Crippen molar-refractivity contribution >= 4 is 144 Å². The van der Waals surface area contributed by atoms with E-state index in [2.05, 4.69) is 236 Å². The lowest BCUT2D eigenvalue weighted by Crippen LogP contribution is -2.56. The van der Waals surface area contributed by atoms with Gasteiger partial charge in [0.2, 0.25) is 0 Å². The summed E-state index contributed by atoms with van der Waals surface area (Å²) in [5.41, 5.74) is 21.9. The molecule has 5 aromatic heterocycles. The van der Waals surface area contributed by atoms with E-state index >= 15 is 0 Å². The van der Waals surface area contributed by atoms with Gasteiger partial charge in [-0.1, -0.05) is 145 Å². The van der Waals surface area contributed by atoms with Crippen LogP contribution in [0.15, 0.2) is 176 Å². The van der Waals surface area contributed by atoms with E-state index < -0.39 is 0 Å². The number of para-hydroxylation sites is 4. The van der Waals surface area contributed by atoms with Crippen LogP contribution in [-0.4, -0.2) is 20.1 Å². The highest BCUT2D eigenvalue weighted by molar-refractivity contribution is 6.90. The van der Waals surface area contributed by atoms with Gasteiger partial charge in [0.1, 0.15) is 0 Å². The van der Waals surface area contributed by atoms with Crippen molar-refractivity contribution in [3.63, 3.8) is 0 Å². The van der Waals surface area contributed by atoms with E-state index in [9.17, 15) is 0 Å². The van der Waals surface area contributed by atoms with E-state index in [1.807, 2.05) is 0 Å². The lowest BCUT2D eigenvalue weighted by molar-refractivity contribution is 0.590. The predicted molar refractivity (Wildman–Crippen MR) is 304 cm³/mol. The van der Waals surface area contributed by atoms with Gasteiger partial charge in [-0.15, -0.1) is 0 Å². The molecule has 0 amide bonds. The van der Waals surface area contributed by atoms with Crippen molar-refractivity contribution in [3.8, 4) is 11.1 Å². The average molecular weight is 907 g/mol. The SMILES string of the molecule is CC(C)(C)c1ccc2c(c1)c1cc(C(C)(C)C)cc3c1n2B1c2cc4c(cc2N(c2ccc5c(c2)c2cccc6c7ccccc7n5c62)c2cc5ccccc5c-3c21)c1cccc2c3ccccc3n4c21. The molecule has 0 aliphatic carbocycles. The molecule has 0 fully saturated rings. The molecule has 15 aromatic rings. The minimum atomic E-state index is -0.106. The lowest BCUT2D eigenvalue weighted by Gasteiger charge is -2.41. The summed E-state index contributed by atoms with van der Waals surface area (Å²) in [4.78, 5) is 2.65. The average Bonchev–Trinajstić information content (AvgIpc) is 4.17. The third kappa shape index (κ3) is 4.60. The number of hydrogen-bond acceptors (Lipinski definition) is 1. The van der Waals surface area contributed by atoms with Crippen molar-refractivity contribution in [2.24, 2.45) is 0 Å². The highest BCUT2D eigenvalue weighted by Gasteiger charge is 2.45. The molecule has 0 atom stereocenters. The summed E-state index contributed by atoms with van der Waals surface area (Å²) in [6, 6.07) is 68.2. The van der Waals surface area contributed by atoms with Crippen molar-refractivity contribution in [2.45, 2.75) is 52.4 Å². The molecule has 10 aromatic carbocycles. The molecule has 0 spiro atoms. The van der Waals surface area contributed by atoms with Crippen molar-refractivity contribution < 1.29 is 0 Å². The Morgan fingerprint density at radius 1 is 0.366 bits per heavy atom. The standard InChI is InChI=1S/C66H47BN4/c1-65(2,3)37-25-27-56-47(30-37)50-31-38(66(4,5)6)32-51-60-40-16-8-7-15-36(40)29-59-61(60)67(71(56)64(50)51)52-35-57-49(46-22-14-20-44-42-18-10-12-24-54(42)70(57)63(44)46)34-58(52)68(59)39-26-28-55-48(33-39)45-21-13-19-43-41-17-9-11-23-53(41)69(55)62(43)45/h7-35H,1-6H3. The molecular weight excluding hydrogens is 860 g/mol. The van der Waals surface area contributed by atoms with Crippen LogP contribution >= 0.6 is 0 Å². The number of hydrogen-bond donors (Lipinski definition) is 0. The fourth-order valence-electron chi connectivity index (χ4n) is 13.9. The smallest absolute Gasteiger partial charge is 0.333 e.